The molecule has 2 aliphatic heterocycles. The van der Waals surface area contributed by atoms with Crippen LogP contribution in [0.15, 0.2) is 152 Å². The second kappa shape index (κ2) is 25.4. The smallest absolute Gasteiger partial charge is 0.305 e. The first-order valence-electron chi connectivity index (χ1n) is 22.7. The standard InChI is InChI=1S/C54H60O13/c1-37(55)58-35-47-49(60-30-40-19-9-4-10-20-40)45(50(54(67-47)65-39(3)57)61-31-41-21-11-5-12-22-41)29-46-51(62-32-42-23-13-6-14-24-42)53(64-34-44-27-17-8-18-28-44)52(48(66-46)36-59-38(2)56)63-33-43-25-15-7-16-26-43/h4-28,45-54H,29-36H2,1-3H3/t45-,46+,47+,48+,49-,50-,51+,52+,53-,54-/m0/s1. The van der Waals surface area contributed by atoms with Crippen LogP contribution in [0, 0.1) is 5.92 Å². The van der Waals surface area contributed by atoms with Crippen LogP contribution in [0.2, 0.25) is 0 Å². The van der Waals surface area contributed by atoms with E-state index in [4.69, 9.17) is 47.4 Å². The van der Waals surface area contributed by atoms with Gasteiger partial charge in [0.2, 0.25) is 6.29 Å². The van der Waals surface area contributed by atoms with Crippen LogP contribution in [0.5, 0.6) is 0 Å². The van der Waals surface area contributed by atoms with Gasteiger partial charge in [-0.2, -0.15) is 0 Å². The monoisotopic (exact) mass is 916 g/mol. The highest BCUT2D eigenvalue weighted by Gasteiger charge is 2.54. The lowest BCUT2D eigenvalue weighted by Gasteiger charge is -2.50. The summed E-state index contributed by atoms with van der Waals surface area (Å²) in [5.41, 5.74) is 4.54. The summed E-state index contributed by atoms with van der Waals surface area (Å²) in [6.45, 7) is 4.51. The number of carbonyl (C=O) groups excluding carboxylic acids is 3. The molecule has 0 radical (unpaired) electrons. The normalized spacial score (nSPS) is 24.9. The Kier molecular flexibility index (Phi) is 18.6. The maximum Gasteiger partial charge on any atom is 0.305 e. The van der Waals surface area contributed by atoms with E-state index in [0.29, 0.717) is 0 Å². The van der Waals surface area contributed by atoms with Crippen molar-refractivity contribution in [3.63, 3.8) is 0 Å². The van der Waals surface area contributed by atoms with Gasteiger partial charge < -0.3 is 47.4 Å². The lowest BCUT2D eigenvalue weighted by atomic mass is 9.80. The number of esters is 3. The van der Waals surface area contributed by atoms with Crippen molar-refractivity contribution in [1.82, 2.24) is 0 Å². The lowest BCUT2D eigenvalue weighted by molar-refractivity contribution is -0.312. The first-order chi connectivity index (χ1) is 32.7. The second-order valence-electron chi connectivity index (χ2n) is 16.7. The molecule has 0 unspecified atom stereocenters. The first-order valence-corrected chi connectivity index (χ1v) is 22.7. The average molecular weight is 917 g/mol. The molecule has 10 atom stereocenters. The Labute approximate surface area is 392 Å². The molecule has 13 heteroatoms. The SMILES string of the molecule is CC(=O)OC[C@H]1O[C@H](OC(C)=O)[C@@H](OCc2ccccc2)[C@@H](C[C@H]2O[C@H](COC(C)=O)[C@@H](OCc3ccccc3)[C@@H](OCc3ccccc3)[C@@H]2OCc2ccccc2)[C@@H]1OCc1ccccc1. The molecule has 5 aromatic carbocycles. The Morgan fingerprint density at radius 3 is 1.09 bits per heavy atom. The van der Waals surface area contributed by atoms with Gasteiger partial charge in [0.15, 0.2) is 0 Å². The van der Waals surface area contributed by atoms with Crippen molar-refractivity contribution >= 4 is 17.9 Å². The van der Waals surface area contributed by atoms with Gasteiger partial charge >= 0.3 is 17.9 Å². The zero-order chi connectivity index (χ0) is 46.8. The van der Waals surface area contributed by atoms with Gasteiger partial charge in [0, 0.05) is 26.7 Å². The van der Waals surface area contributed by atoms with E-state index in [9.17, 15) is 14.4 Å². The fourth-order valence-electron chi connectivity index (χ4n) is 8.49. The number of benzene rings is 5. The van der Waals surface area contributed by atoms with Crippen molar-refractivity contribution in [3.8, 4) is 0 Å². The van der Waals surface area contributed by atoms with E-state index in [0.717, 1.165) is 27.8 Å². The van der Waals surface area contributed by atoms with E-state index in [2.05, 4.69) is 0 Å². The molecule has 0 amide bonds. The van der Waals surface area contributed by atoms with Crippen molar-refractivity contribution < 1.29 is 61.8 Å². The summed E-state index contributed by atoms with van der Waals surface area (Å²) in [5.74, 6) is -2.28. The molecule has 2 saturated heterocycles. The summed E-state index contributed by atoms with van der Waals surface area (Å²) >= 11 is 0. The molecular weight excluding hydrogens is 857 g/mol. The molecule has 2 heterocycles. The zero-order valence-electron chi connectivity index (χ0n) is 38.2. The van der Waals surface area contributed by atoms with E-state index in [-0.39, 0.29) is 52.7 Å². The Balaban J connectivity index is 1.33. The molecule has 0 N–H and O–H groups in total. The van der Waals surface area contributed by atoms with Crippen LogP contribution in [0.1, 0.15) is 55.0 Å². The molecule has 0 aliphatic carbocycles. The van der Waals surface area contributed by atoms with Crippen LogP contribution < -0.4 is 0 Å². The molecule has 67 heavy (non-hydrogen) atoms. The minimum Gasteiger partial charge on any atom is -0.463 e. The largest absolute Gasteiger partial charge is 0.463 e. The van der Waals surface area contributed by atoms with Gasteiger partial charge in [0.25, 0.3) is 0 Å². The quantitative estimate of drug-likeness (QED) is 0.0488. The van der Waals surface area contributed by atoms with E-state index < -0.39 is 78.9 Å². The second-order valence-corrected chi connectivity index (χ2v) is 16.7. The highest BCUT2D eigenvalue weighted by Crippen LogP contribution is 2.40. The Morgan fingerprint density at radius 2 is 0.716 bits per heavy atom. The molecule has 7 rings (SSSR count). The van der Waals surface area contributed by atoms with Gasteiger partial charge in [-0.3, -0.25) is 14.4 Å². The van der Waals surface area contributed by atoms with Crippen LogP contribution >= 0.6 is 0 Å². The van der Waals surface area contributed by atoms with Crippen molar-refractivity contribution in [2.75, 3.05) is 13.2 Å². The summed E-state index contributed by atoms with van der Waals surface area (Å²) in [4.78, 5) is 37.8. The maximum absolute atomic E-state index is 12.9. The van der Waals surface area contributed by atoms with Crippen LogP contribution in [0.4, 0.5) is 0 Å². The summed E-state index contributed by atoms with van der Waals surface area (Å²) < 4.78 is 65.3. The molecular formula is C54H60O13. The Hall–Kier alpha value is -5.77. The molecule has 0 aromatic heterocycles. The van der Waals surface area contributed by atoms with E-state index >= 15 is 0 Å². The lowest BCUT2D eigenvalue weighted by Crippen LogP contribution is -2.64. The molecule has 0 bridgehead atoms. The highest BCUT2D eigenvalue weighted by atomic mass is 16.7. The molecule has 13 nitrogen and oxygen atoms in total. The summed E-state index contributed by atoms with van der Waals surface area (Å²) in [5, 5.41) is 0. The molecule has 0 spiro atoms. The van der Waals surface area contributed by atoms with Gasteiger partial charge in [-0.05, 0) is 34.2 Å². The van der Waals surface area contributed by atoms with Crippen LogP contribution in [0.25, 0.3) is 0 Å². The van der Waals surface area contributed by atoms with Gasteiger partial charge in [-0.1, -0.05) is 152 Å². The number of rotatable bonds is 22. The third-order valence-corrected chi connectivity index (χ3v) is 11.6. The number of hydrogen-bond acceptors (Lipinski definition) is 13. The zero-order valence-corrected chi connectivity index (χ0v) is 38.2. The highest BCUT2D eigenvalue weighted by molar-refractivity contribution is 5.66. The summed E-state index contributed by atoms with van der Waals surface area (Å²) in [7, 11) is 0. The molecule has 2 aliphatic rings. The summed E-state index contributed by atoms with van der Waals surface area (Å²) in [6, 6.07) is 48.7. The molecule has 2 fully saturated rings. The third kappa shape index (κ3) is 14.9. The van der Waals surface area contributed by atoms with Gasteiger partial charge in [0.1, 0.15) is 49.8 Å². The maximum atomic E-state index is 12.9. The van der Waals surface area contributed by atoms with Gasteiger partial charge in [-0.15, -0.1) is 0 Å². The average Bonchev–Trinajstić information content (AvgIpc) is 3.34. The Morgan fingerprint density at radius 1 is 0.388 bits per heavy atom. The van der Waals surface area contributed by atoms with E-state index in [1.54, 1.807) is 0 Å². The van der Waals surface area contributed by atoms with Crippen LogP contribution in [0.3, 0.4) is 0 Å². The van der Waals surface area contributed by atoms with Crippen molar-refractivity contribution in [2.45, 2.75) is 115 Å². The van der Waals surface area contributed by atoms with Crippen molar-refractivity contribution in [2.24, 2.45) is 5.92 Å². The number of ether oxygens (including phenoxy) is 10. The number of hydrogen-bond donors (Lipinski definition) is 0. The van der Waals surface area contributed by atoms with Crippen LogP contribution in [-0.4, -0.2) is 86.2 Å². The van der Waals surface area contributed by atoms with Crippen molar-refractivity contribution in [1.29, 1.82) is 0 Å². The predicted octanol–water partition coefficient (Wildman–Crippen LogP) is 8.10. The molecule has 5 aromatic rings. The third-order valence-electron chi connectivity index (χ3n) is 11.6. The van der Waals surface area contributed by atoms with E-state index in [1.165, 1.54) is 20.8 Å². The minimum atomic E-state index is -1.25. The molecule has 0 saturated carbocycles. The van der Waals surface area contributed by atoms with Gasteiger partial charge in [0.05, 0.1) is 45.2 Å². The van der Waals surface area contributed by atoms with E-state index in [1.807, 2.05) is 152 Å². The van der Waals surface area contributed by atoms with Crippen molar-refractivity contribution in [3.05, 3.63) is 179 Å². The minimum absolute atomic E-state index is 0.135. The first kappa shape index (κ1) is 49.1. The van der Waals surface area contributed by atoms with Crippen LogP contribution in [-0.2, 0) is 94.8 Å². The fraction of sp³-hybridized carbons (Fsp3) is 0.389. The number of carbonyl (C=O) groups is 3. The Bertz CT molecular complexity index is 2230. The van der Waals surface area contributed by atoms with Gasteiger partial charge in [-0.25, -0.2) is 0 Å². The summed E-state index contributed by atoms with van der Waals surface area (Å²) in [6.07, 6.45) is -7.85. The molecule has 354 valence electrons. The predicted molar refractivity (Wildman–Crippen MR) is 246 cm³/mol. The fourth-order valence-corrected chi connectivity index (χ4v) is 8.49. The topological polar surface area (TPSA) is 144 Å².